The average molecular weight is 199 g/mol. The smallest absolute Gasteiger partial charge is 0.0202 e. The summed E-state index contributed by atoms with van der Waals surface area (Å²) in [6, 6.07) is 0. The van der Waals surface area contributed by atoms with Crippen LogP contribution >= 0.6 is 24.8 Å². The lowest BCUT2D eigenvalue weighted by Crippen LogP contribution is -2.28. The molecule has 0 amide bonds. The van der Waals surface area contributed by atoms with Crippen molar-refractivity contribution in [1.82, 2.24) is 4.90 Å². The van der Waals surface area contributed by atoms with Crippen LogP contribution in [-0.4, -0.2) is 31.6 Å². The zero-order valence-corrected chi connectivity index (χ0v) is 8.38. The Labute approximate surface area is 80.6 Å². The molecule has 2 nitrogen and oxygen atoms in total. The van der Waals surface area contributed by atoms with Crippen LogP contribution in [-0.2, 0) is 0 Å². The summed E-state index contributed by atoms with van der Waals surface area (Å²) in [5.74, 6) is 0. The molecule has 4 heteroatoms. The summed E-state index contributed by atoms with van der Waals surface area (Å²) in [4.78, 5) is 2.29. The first-order chi connectivity index (χ1) is 4.33. The lowest BCUT2D eigenvalue weighted by atomic mass is 10.1. The first-order valence-corrected chi connectivity index (χ1v) is 3.39. The van der Waals surface area contributed by atoms with Crippen LogP contribution < -0.4 is 5.73 Å². The third kappa shape index (κ3) is 4.64. The molecule has 0 aromatic carbocycles. The molecular formula is C7H16Cl2N2. The van der Waals surface area contributed by atoms with E-state index < -0.39 is 0 Å². The van der Waals surface area contributed by atoms with E-state index in [0.29, 0.717) is 0 Å². The van der Waals surface area contributed by atoms with E-state index in [1.165, 1.54) is 18.5 Å². The van der Waals surface area contributed by atoms with Crippen LogP contribution in [0.2, 0.25) is 0 Å². The molecule has 2 N–H and O–H groups in total. The number of hydrogen-bond donors (Lipinski definition) is 1. The van der Waals surface area contributed by atoms with E-state index in [1.807, 2.05) is 0 Å². The highest BCUT2D eigenvalue weighted by molar-refractivity contribution is 5.85. The summed E-state index contributed by atoms with van der Waals surface area (Å²) < 4.78 is 0. The third-order valence-electron chi connectivity index (χ3n) is 1.68. The minimum Gasteiger partial charge on any atom is -0.327 e. The molecule has 68 valence electrons. The number of nitrogens with two attached hydrogens (primary N) is 1. The minimum absolute atomic E-state index is 0. The van der Waals surface area contributed by atoms with Gasteiger partial charge in [-0.3, -0.25) is 0 Å². The zero-order valence-electron chi connectivity index (χ0n) is 6.75. The molecule has 0 unspecified atom stereocenters. The zero-order chi connectivity index (χ0) is 6.69. The summed E-state index contributed by atoms with van der Waals surface area (Å²) in [5.41, 5.74) is 6.85. The van der Waals surface area contributed by atoms with Crippen molar-refractivity contribution >= 4 is 24.8 Å². The molecule has 0 spiro atoms. The first kappa shape index (κ1) is 13.8. The van der Waals surface area contributed by atoms with E-state index in [4.69, 9.17) is 5.73 Å². The summed E-state index contributed by atoms with van der Waals surface area (Å²) in [7, 11) is 2.13. The number of halogens is 2. The third-order valence-corrected chi connectivity index (χ3v) is 1.68. The van der Waals surface area contributed by atoms with Crippen molar-refractivity contribution in [2.45, 2.75) is 6.42 Å². The Kier molecular flexibility index (Phi) is 8.68. The van der Waals surface area contributed by atoms with Gasteiger partial charge in [0.05, 0.1) is 0 Å². The van der Waals surface area contributed by atoms with E-state index in [9.17, 15) is 0 Å². The van der Waals surface area contributed by atoms with Crippen LogP contribution in [0.3, 0.4) is 0 Å². The van der Waals surface area contributed by atoms with Crippen molar-refractivity contribution in [2.24, 2.45) is 5.73 Å². The Bertz CT molecular complexity index is 126. The number of rotatable bonds is 1. The van der Waals surface area contributed by atoms with Gasteiger partial charge in [-0.05, 0) is 19.0 Å². The Morgan fingerprint density at radius 2 is 2.18 bits per heavy atom. The second-order valence-corrected chi connectivity index (χ2v) is 2.59. The summed E-state index contributed by atoms with van der Waals surface area (Å²) in [6.07, 6.45) is 3.42. The van der Waals surface area contributed by atoms with Crippen LogP contribution in [0.1, 0.15) is 6.42 Å². The van der Waals surface area contributed by atoms with Crippen LogP contribution in [0.4, 0.5) is 0 Å². The maximum atomic E-state index is 5.47. The Balaban J connectivity index is 0. The molecule has 11 heavy (non-hydrogen) atoms. The highest BCUT2D eigenvalue weighted by Gasteiger charge is 2.05. The highest BCUT2D eigenvalue weighted by Crippen LogP contribution is 2.04. The standard InChI is InChI=1S/C7H14N2.2ClH/c1-9-4-2-3-7(5-8)6-9;;/h3H,2,4-6,8H2,1H3;2*1H. The van der Waals surface area contributed by atoms with Crippen molar-refractivity contribution in [3.8, 4) is 0 Å². The van der Waals surface area contributed by atoms with Gasteiger partial charge in [0, 0.05) is 19.6 Å². The van der Waals surface area contributed by atoms with Crippen molar-refractivity contribution in [3.63, 3.8) is 0 Å². The lowest BCUT2D eigenvalue weighted by molar-refractivity contribution is 0.353. The Morgan fingerprint density at radius 3 is 2.55 bits per heavy atom. The van der Waals surface area contributed by atoms with Crippen LogP contribution in [0.15, 0.2) is 11.6 Å². The molecule has 1 aliphatic rings. The molecule has 0 fully saturated rings. The van der Waals surface area contributed by atoms with E-state index in [2.05, 4.69) is 18.0 Å². The normalized spacial score (nSPS) is 17.8. The van der Waals surface area contributed by atoms with Crippen molar-refractivity contribution < 1.29 is 0 Å². The van der Waals surface area contributed by atoms with Gasteiger partial charge in [0.2, 0.25) is 0 Å². The van der Waals surface area contributed by atoms with E-state index in [1.54, 1.807) is 0 Å². The second kappa shape index (κ2) is 6.92. The fourth-order valence-electron chi connectivity index (χ4n) is 1.13. The predicted octanol–water partition coefficient (Wildman–Crippen LogP) is 1.05. The molecule has 0 bridgehead atoms. The monoisotopic (exact) mass is 198 g/mol. The maximum Gasteiger partial charge on any atom is 0.0202 e. The lowest BCUT2D eigenvalue weighted by Gasteiger charge is -2.21. The van der Waals surface area contributed by atoms with Crippen molar-refractivity contribution in [3.05, 3.63) is 11.6 Å². The highest BCUT2D eigenvalue weighted by atomic mass is 35.5. The molecule has 1 rings (SSSR count). The van der Waals surface area contributed by atoms with Crippen LogP contribution in [0.25, 0.3) is 0 Å². The first-order valence-electron chi connectivity index (χ1n) is 3.39. The van der Waals surface area contributed by atoms with E-state index in [0.717, 1.165) is 13.1 Å². The molecule has 0 aliphatic carbocycles. The quantitative estimate of drug-likeness (QED) is 0.639. The molecule has 1 aliphatic heterocycles. The van der Waals surface area contributed by atoms with Crippen molar-refractivity contribution in [2.75, 3.05) is 26.7 Å². The Hall–Kier alpha value is 0.240. The molecule has 1 heterocycles. The minimum atomic E-state index is 0. The molecule has 0 aromatic rings. The fraction of sp³-hybridized carbons (Fsp3) is 0.714. The van der Waals surface area contributed by atoms with Crippen LogP contribution in [0, 0.1) is 0 Å². The molecular weight excluding hydrogens is 183 g/mol. The second-order valence-electron chi connectivity index (χ2n) is 2.59. The molecule has 0 aromatic heterocycles. The number of nitrogens with zero attached hydrogens (tertiary/aromatic N) is 1. The van der Waals surface area contributed by atoms with E-state index >= 15 is 0 Å². The summed E-state index contributed by atoms with van der Waals surface area (Å²) >= 11 is 0. The number of likely N-dealkylation sites (N-methyl/N-ethyl adjacent to an activating group) is 1. The number of hydrogen-bond acceptors (Lipinski definition) is 2. The van der Waals surface area contributed by atoms with Crippen molar-refractivity contribution in [1.29, 1.82) is 0 Å². The van der Waals surface area contributed by atoms with Crippen LogP contribution in [0.5, 0.6) is 0 Å². The summed E-state index contributed by atoms with van der Waals surface area (Å²) in [6.45, 7) is 2.98. The van der Waals surface area contributed by atoms with Gasteiger partial charge < -0.3 is 10.6 Å². The topological polar surface area (TPSA) is 29.3 Å². The Morgan fingerprint density at radius 1 is 1.55 bits per heavy atom. The van der Waals surface area contributed by atoms with Gasteiger partial charge in [-0.25, -0.2) is 0 Å². The van der Waals surface area contributed by atoms with Gasteiger partial charge >= 0.3 is 0 Å². The van der Waals surface area contributed by atoms with Gasteiger partial charge in [-0.2, -0.15) is 0 Å². The fourth-order valence-corrected chi connectivity index (χ4v) is 1.13. The van der Waals surface area contributed by atoms with E-state index in [-0.39, 0.29) is 24.8 Å². The predicted molar refractivity (Wildman–Crippen MR) is 53.7 cm³/mol. The molecule has 0 atom stereocenters. The molecule has 0 saturated carbocycles. The van der Waals surface area contributed by atoms with Gasteiger partial charge in [0.25, 0.3) is 0 Å². The van der Waals surface area contributed by atoms with Gasteiger partial charge in [0.1, 0.15) is 0 Å². The summed E-state index contributed by atoms with van der Waals surface area (Å²) in [5, 5.41) is 0. The van der Waals surface area contributed by atoms with Gasteiger partial charge in [-0.1, -0.05) is 6.08 Å². The largest absolute Gasteiger partial charge is 0.327 e. The molecule has 0 saturated heterocycles. The molecule has 0 radical (unpaired) electrons. The SMILES string of the molecule is CN1CCC=C(CN)C1.Cl.Cl. The van der Waals surface area contributed by atoms with Gasteiger partial charge in [-0.15, -0.1) is 24.8 Å². The average Bonchev–Trinajstić information content (AvgIpc) is 1.88. The van der Waals surface area contributed by atoms with Gasteiger partial charge in [0.15, 0.2) is 0 Å². The maximum absolute atomic E-state index is 5.47.